The number of ether oxygens (including phenoxy) is 1. The van der Waals surface area contributed by atoms with E-state index in [2.05, 4.69) is 10.6 Å². The molecule has 1 atom stereocenters. The largest absolute Gasteiger partial charge is 0.495 e. The summed E-state index contributed by atoms with van der Waals surface area (Å²) in [6.07, 6.45) is 0. The van der Waals surface area contributed by atoms with Crippen LogP contribution in [0.4, 0.5) is 14.5 Å². The minimum Gasteiger partial charge on any atom is -0.495 e. The molecular formula is C18H20F2N2O2. The first-order chi connectivity index (χ1) is 11.4. The summed E-state index contributed by atoms with van der Waals surface area (Å²) in [5.74, 6) is -1.48. The lowest BCUT2D eigenvalue weighted by atomic mass is 10.1. The molecule has 1 amide bonds. The van der Waals surface area contributed by atoms with Crippen LogP contribution in [0.15, 0.2) is 36.4 Å². The highest BCUT2D eigenvalue weighted by Crippen LogP contribution is 2.25. The van der Waals surface area contributed by atoms with Crippen molar-refractivity contribution in [1.82, 2.24) is 5.32 Å². The molecule has 4 nitrogen and oxygen atoms in total. The van der Waals surface area contributed by atoms with Gasteiger partial charge >= 0.3 is 0 Å². The van der Waals surface area contributed by atoms with E-state index in [1.165, 1.54) is 13.2 Å². The zero-order valence-corrected chi connectivity index (χ0v) is 13.8. The van der Waals surface area contributed by atoms with Gasteiger partial charge in [0, 0.05) is 6.04 Å². The van der Waals surface area contributed by atoms with Crippen molar-refractivity contribution in [3.05, 3.63) is 59.2 Å². The molecule has 0 unspecified atom stereocenters. The molecule has 128 valence electrons. The van der Waals surface area contributed by atoms with Gasteiger partial charge in [0.15, 0.2) is 11.6 Å². The van der Waals surface area contributed by atoms with E-state index in [1.54, 1.807) is 13.0 Å². The number of rotatable bonds is 6. The molecule has 0 aromatic heterocycles. The molecule has 0 bridgehead atoms. The lowest BCUT2D eigenvalue weighted by Crippen LogP contribution is -2.30. The van der Waals surface area contributed by atoms with Gasteiger partial charge in [0.25, 0.3) is 0 Å². The van der Waals surface area contributed by atoms with Gasteiger partial charge in [-0.25, -0.2) is 8.78 Å². The van der Waals surface area contributed by atoms with Crippen molar-refractivity contribution in [2.24, 2.45) is 0 Å². The Hall–Kier alpha value is -2.47. The fourth-order valence-corrected chi connectivity index (χ4v) is 2.26. The summed E-state index contributed by atoms with van der Waals surface area (Å²) >= 11 is 0. The second kappa shape index (κ2) is 7.88. The van der Waals surface area contributed by atoms with Crippen molar-refractivity contribution >= 4 is 11.6 Å². The van der Waals surface area contributed by atoms with Crippen molar-refractivity contribution in [2.75, 3.05) is 19.0 Å². The molecule has 0 aliphatic heterocycles. The Bertz CT molecular complexity index is 735. The Kier molecular flexibility index (Phi) is 5.87. The Morgan fingerprint density at radius 2 is 1.92 bits per heavy atom. The summed E-state index contributed by atoms with van der Waals surface area (Å²) in [5.41, 5.74) is 2.15. The van der Waals surface area contributed by atoms with Crippen molar-refractivity contribution in [3.63, 3.8) is 0 Å². The third-order valence-corrected chi connectivity index (χ3v) is 3.64. The molecular weight excluding hydrogens is 314 g/mol. The maximum absolute atomic E-state index is 13.3. The molecule has 2 aromatic carbocycles. The molecule has 2 rings (SSSR count). The van der Waals surface area contributed by atoms with Crippen LogP contribution in [0.2, 0.25) is 0 Å². The van der Waals surface area contributed by atoms with Crippen LogP contribution in [0.25, 0.3) is 0 Å². The van der Waals surface area contributed by atoms with E-state index in [9.17, 15) is 13.6 Å². The van der Waals surface area contributed by atoms with E-state index in [4.69, 9.17) is 4.74 Å². The summed E-state index contributed by atoms with van der Waals surface area (Å²) in [5, 5.41) is 5.74. The number of amides is 1. The number of carbonyl (C=O) groups excluding carboxylic acids is 1. The van der Waals surface area contributed by atoms with Crippen LogP contribution in [-0.4, -0.2) is 19.6 Å². The Morgan fingerprint density at radius 3 is 2.58 bits per heavy atom. The van der Waals surface area contributed by atoms with Crippen molar-refractivity contribution in [2.45, 2.75) is 19.9 Å². The molecule has 2 aromatic rings. The van der Waals surface area contributed by atoms with Crippen LogP contribution < -0.4 is 15.4 Å². The van der Waals surface area contributed by atoms with Gasteiger partial charge in [-0.1, -0.05) is 12.1 Å². The lowest BCUT2D eigenvalue weighted by Gasteiger charge is -2.15. The van der Waals surface area contributed by atoms with Gasteiger partial charge in [-0.05, 0) is 49.2 Å². The number of nitrogens with one attached hydrogen (secondary N) is 2. The van der Waals surface area contributed by atoms with Crippen LogP contribution >= 0.6 is 0 Å². The average molecular weight is 334 g/mol. The normalized spacial score (nSPS) is 11.9. The van der Waals surface area contributed by atoms with Gasteiger partial charge in [-0.2, -0.15) is 0 Å². The highest BCUT2D eigenvalue weighted by Gasteiger charge is 2.12. The number of anilines is 1. The predicted octanol–water partition coefficient (Wildman–Crippen LogP) is 3.57. The van der Waals surface area contributed by atoms with E-state index in [0.29, 0.717) is 17.0 Å². The number of hydrogen-bond acceptors (Lipinski definition) is 3. The first-order valence-electron chi connectivity index (χ1n) is 7.53. The maximum Gasteiger partial charge on any atom is 0.238 e. The summed E-state index contributed by atoms with van der Waals surface area (Å²) in [6.45, 7) is 3.71. The highest BCUT2D eigenvalue weighted by atomic mass is 19.2. The minimum atomic E-state index is -0.907. The molecule has 0 aliphatic carbocycles. The molecule has 6 heteroatoms. The van der Waals surface area contributed by atoms with Crippen LogP contribution in [0.1, 0.15) is 24.1 Å². The molecule has 0 radical (unpaired) electrons. The molecule has 0 spiro atoms. The summed E-state index contributed by atoms with van der Waals surface area (Å²) in [4.78, 5) is 12.1. The minimum absolute atomic E-state index is 0.0251. The smallest absolute Gasteiger partial charge is 0.238 e. The maximum atomic E-state index is 13.3. The third kappa shape index (κ3) is 4.52. The molecule has 2 N–H and O–H groups in total. The number of carbonyl (C=O) groups is 1. The van der Waals surface area contributed by atoms with E-state index < -0.39 is 11.6 Å². The van der Waals surface area contributed by atoms with E-state index >= 15 is 0 Å². The summed E-state index contributed by atoms with van der Waals surface area (Å²) in [7, 11) is 1.53. The van der Waals surface area contributed by atoms with Gasteiger partial charge in [-0.15, -0.1) is 0 Å². The lowest BCUT2D eigenvalue weighted by molar-refractivity contribution is -0.115. The van der Waals surface area contributed by atoms with E-state index in [1.807, 2.05) is 19.1 Å². The fraction of sp³-hybridized carbons (Fsp3) is 0.278. The first-order valence-corrected chi connectivity index (χ1v) is 7.53. The van der Waals surface area contributed by atoms with Crippen LogP contribution in [0, 0.1) is 18.6 Å². The number of aryl methyl sites for hydroxylation is 1. The van der Waals surface area contributed by atoms with E-state index in [0.717, 1.165) is 17.7 Å². The van der Waals surface area contributed by atoms with Crippen molar-refractivity contribution in [1.29, 1.82) is 0 Å². The van der Waals surface area contributed by atoms with Crippen LogP contribution in [0.5, 0.6) is 5.75 Å². The standard InChI is InChI=1S/C18H20F2N2O2/c1-11-4-7-17(24-3)16(8-11)22-18(23)10-21-12(2)13-5-6-14(19)15(20)9-13/h4-9,12,21H,10H2,1-3H3,(H,22,23)/t12-/m0/s1. The summed E-state index contributed by atoms with van der Waals surface area (Å²) < 4.78 is 31.4. The second-order valence-corrected chi connectivity index (χ2v) is 5.53. The molecule has 0 aliphatic rings. The monoisotopic (exact) mass is 334 g/mol. The second-order valence-electron chi connectivity index (χ2n) is 5.53. The first kappa shape index (κ1) is 17.9. The van der Waals surface area contributed by atoms with Crippen LogP contribution in [-0.2, 0) is 4.79 Å². The van der Waals surface area contributed by atoms with Gasteiger partial charge in [0.2, 0.25) is 5.91 Å². The van der Waals surface area contributed by atoms with E-state index in [-0.39, 0.29) is 18.5 Å². The SMILES string of the molecule is COc1ccc(C)cc1NC(=O)CN[C@@H](C)c1ccc(F)c(F)c1. The molecule has 0 heterocycles. The molecule has 0 fully saturated rings. The Morgan fingerprint density at radius 1 is 1.17 bits per heavy atom. The number of hydrogen-bond donors (Lipinski definition) is 2. The molecule has 0 saturated carbocycles. The molecule has 0 saturated heterocycles. The van der Waals surface area contributed by atoms with Crippen molar-refractivity contribution < 1.29 is 18.3 Å². The zero-order valence-electron chi connectivity index (χ0n) is 13.8. The third-order valence-electron chi connectivity index (χ3n) is 3.64. The predicted molar refractivity (Wildman–Crippen MR) is 89.1 cm³/mol. The number of halogens is 2. The summed E-state index contributed by atoms with van der Waals surface area (Å²) in [6, 6.07) is 8.85. The van der Waals surface area contributed by atoms with Gasteiger partial charge in [0.05, 0.1) is 19.3 Å². The number of benzene rings is 2. The van der Waals surface area contributed by atoms with Crippen LogP contribution in [0.3, 0.4) is 0 Å². The van der Waals surface area contributed by atoms with Gasteiger partial charge < -0.3 is 15.4 Å². The van der Waals surface area contributed by atoms with Gasteiger partial charge in [-0.3, -0.25) is 4.79 Å². The topological polar surface area (TPSA) is 50.4 Å². The van der Waals surface area contributed by atoms with Gasteiger partial charge in [0.1, 0.15) is 5.75 Å². The highest BCUT2D eigenvalue weighted by molar-refractivity contribution is 5.93. The Labute approximate surface area is 139 Å². The zero-order chi connectivity index (χ0) is 17.7. The fourth-order valence-electron chi connectivity index (χ4n) is 2.26. The average Bonchev–Trinajstić information content (AvgIpc) is 2.55. The molecule has 24 heavy (non-hydrogen) atoms. The van der Waals surface area contributed by atoms with Crippen molar-refractivity contribution in [3.8, 4) is 5.75 Å². The number of methoxy groups -OCH3 is 1. The Balaban J connectivity index is 1.95. The quantitative estimate of drug-likeness (QED) is 0.849.